The van der Waals surface area contributed by atoms with Gasteiger partial charge in [0.05, 0.1) is 0 Å². The van der Waals surface area contributed by atoms with E-state index in [1.165, 1.54) is 0 Å². The summed E-state index contributed by atoms with van der Waals surface area (Å²) in [6, 6.07) is 13.2. The predicted octanol–water partition coefficient (Wildman–Crippen LogP) is 2.98. The molecule has 2 aromatic heterocycles. The fourth-order valence-electron chi connectivity index (χ4n) is 2.70. The van der Waals surface area contributed by atoms with Crippen LogP contribution >= 0.6 is 0 Å². The second kappa shape index (κ2) is 5.98. The summed E-state index contributed by atoms with van der Waals surface area (Å²) in [4.78, 5) is 17.3. The van der Waals surface area contributed by atoms with Crippen molar-refractivity contribution in [2.45, 2.75) is 13.8 Å². The Balaban J connectivity index is 2.39. The van der Waals surface area contributed by atoms with E-state index in [1.54, 1.807) is 22.8 Å². The Hall–Kier alpha value is -3.06. The summed E-state index contributed by atoms with van der Waals surface area (Å²) in [6.07, 6.45) is 1.70. The van der Waals surface area contributed by atoms with Crippen molar-refractivity contribution in [3.63, 3.8) is 0 Å². The maximum Gasteiger partial charge on any atom is 0.278 e. The van der Waals surface area contributed by atoms with E-state index in [0.717, 1.165) is 10.9 Å². The van der Waals surface area contributed by atoms with E-state index in [9.17, 15) is 4.79 Å². The zero-order valence-electron chi connectivity index (χ0n) is 13.4. The summed E-state index contributed by atoms with van der Waals surface area (Å²) in [5, 5.41) is 3.34. The third-order valence-electron chi connectivity index (χ3n) is 3.85. The van der Waals surface area contributed by atoms with Gasteiger partial charge in [-0.15, -0.1) is 0 Å². The molecule has 0 radical (unpaired) electrons. The quantitative estimate of drug-likeness (QED) is 0.683. The molecule has 0 atom stereocenters. The minimum Gasteiger partial charge on any atom is -0.267 e. The van der Waals surface area contributed by atoms with Crippen LogP contribution in [0.3, 0.4) is 0 Å². The van der Waals surface area contributed by atoms with Crippen molar-refractivity contribution in [1.29, 1.82) is 0 Å². The molecule has 0 aliphatic rings. The van der Waals surface area contributed by atoms with Crippen LogP contribution in [0.15, 0.2) is 53.5 Å². The molecule has 0 aliphatic heterocycles. The molecule has 0 saturated heterocycles. The van der Waals surface area contributed by atoms with Gasteiger partial charge < -0.3 is 0 Å². The molecule has 3 rings (SSSR count). The van der Waals surface area contributed by atoms with Gasteiger partial charge in [-0.25, -0.2) is 9.66 Å². The first kappa shape index (κ1) is 14.9. The van der Waals surface area contributed by atoms with Crippen molar-refractivity contribution in [2.24, 2.45) is 0 Å². The molecule has 23 heavy (non-hydrogen) atoms. The number of rotatable bonds is 2. The minimum atomic E-state index is -0.0999. The fraction of sp³-hybridized carbons (Fsp3) is 0.158. The maximum atomic E-state index is 13.0. The second-order valence-corrected chi connectivity index (χ2v) is 5.22. The molecule has 4 nitrogen and oxygen atoms in total. The summed E-state index contributed by atoms with van der Waals surface area (Å²) in [5.41, 5.74) is 1.57. The number of hydrogen-bond acceptors (Lipinski definition) is 3. The molecular formula is C19H17N3O. The Bertz CT molecular complexity index is 978. The zero-order chi connectivity index (χ0) is 16.4. The number of pyridine rings is 2. The summed E-state index contributed by atoms with van der Waals surface area (Å²) in [5.74, 6) is 6.66. The monoisotopic (exact) mass is 303 g/mol. The normalized spacial score (nSPS) is 10.2. The number of aromatic nitrogens is 2. The molecule has 114 valence electrons. The van der Waals surface area contributed by atoms with E-state index in [4.69, 9.17) is 0 Å². The van der Waals surface area contributed by atoms with Crippen LogP contribution in [-0.4, -0.2) is 16.7 Å². The second-order valence-electron chi connectivity index (χ2n) is 5.22. The number of aryl methyl sites for hydroxylation is 1. The van der Waals surface area contributed by atoms with Gasteiger partial charge in [0.25, 0.3) is 5.56 Å². The third kappa shape index (κ3) is 2.47. The first-order valence-corrected chi connectivity index (χ1v) is 7.37. The highest BCUT2D eigenvalue weighted by Gasteiger charge is 2.16. The van der Waals surface area contributed by atoms with Gasteiger partial charge in [0.15, 0.2) is 0 Å². The number of fused-ring (bicyclic) bond motifs is 1. The fourth-order valence-corrected chi connectivity index (χ4v) is 2.70. The Morgan fingerprint density at radius 3 is 2.43 bits per heavy atom. The summed E-state index contributed by atoms with van der Waals surface area (Å²) in [7, 11) is 1.82. The van der Waals surface area contributed by atoms with Crippen LogP contribution in [-0.2, 0) is 0 Å². The van der Waals surface area contributed by atoms with Gasteiger partial charge in [0.2, 0.25) is 0 Å². The van der Waals surface area contributed by atoms with Crippen LogP contribution < -0.4 is 10.6 Å². The lowest BCUT2D eigenvalue weighted by Gasteiger charge is -2.24. The molecule has 1 aromatic carbocycles. The van der Waals surface area contributed by atoms with Crippen LogP contribution in [0, 0.1) is 18.8 Å². The highest BCUT2D eigenvalue weighted by molar-refractivity contribution is 5.86. The van der Waals surface area contributed by atoms with E-state index in [2.05, 4.69) is 16.8 Å². The third-order valence-corrected chi connectivity index (χ3v) is 3.85. The number of anilines is 1. The van der Waals surface area contributed by atoms with Crippen molar-refractivity contribution in [1.82, 2.24) is 9.66 Å². The van der Waals surface area contributed by atoms with Crippen molar-refractivity contribution >= 4 is 16.6 Å². The Morgan fingerprint density at radius 1 is 1.09 bits per heavy atom. The molecule has 0 amide bonds. The summed E-state index contributed by atoms with van der Waals surface area (Å²) < 4.78 is 1.59. The molecule has 0 spiro atoms. The van der Waals surface area contributed by atoms with Crippen molar-refractivity contribution in [2.75, 3.05) is 12.1 Å². The van der Waals surface area contributed by atoms with E-state index < -0.39 is 0 Å². The van der Waals surface area contributed by atoms with E-state index in [0.29, 0.717) is 16.9 Å². The Kier molecular flexibility index (Phi) is 3.86. The predicted molar refractivity (Wildman–Crippen MR) is 93.5 cm³/mol. The van der Waals surface area contributed by atoms with Gasteiger partial charge in [-0.3, -0.25) is 9.80 Å². The van der Waals surface area contributed by atoms with Gasteiger partial charge in [0, 0.05) is 18.6 Å². The van der Waals surface area contributed by atoms with Crippen LogP contribution in [0.25, 0.3) is 10.8 Å². The number of benzene rings is 1. The van der Waals surface area contributed by atoms with Crippen LogP contribution in [0.1, 0.15) is 18.2 Å². The van der Waals surface area contributed by atoms with Gasteiger partial charge >= 0.3 is 0 Å². The summed E-state index contributed by atoms with van der Waals surface area (Å²) >= 11 is 0. The van der Waals surface area contributed by atoms with Crippen molar-refractivity contribution in [3.8, 4) is 11.8 Å². The lowest BCUT2D eigenvalue weighted by atomic mass is 10.1. The molecule has 0 fully saturated rings. The first-order valence-electron chi connectivity index (χ1n) is 7.37. The zero-order valence-corrected chi connectivity index (χ0v) is 13.4. The molecule has 0 saturated carbocycles. The van der Waals surface area contributed by atoms with E-state index in [-0.39, 0.29) is 5.56 Å². The molecule has 0 unspecified atom stereocenters. The Labute approximate surface area is 135 Å². The van der Waals surface area contributed by atoms with Gasteiger partial charge in [-0.05, 0) is 48.9 Å². The lowest BCUT2D eigenvalue weighted by molar-refractivity contribution is 0.720. The lowest BCUT2D eigenvalue weighted by Crippen LogP contribution is -2.38. The Morgan fingerprint density at radius 2 is 1.78 bits per heavy atom. The van der Waals surface area contributed by atoms with Gasteiger partial charge in [-0.1, -0.05) is 30.2 Å². The molecule has 3 aromatic rings. The van der Waals surface area contributed by atoms with Crippen molar-refractivity contribution < 1.29 is 0 Å². The highest BCUT2D eigenvalue weighted by Crippen LogP contribution is 2.20. The molecular weight excluding hydrogens is 286 g/mol. The van der Waals surface area contributed by atoms with Crippen molar-refractivity contribution in [3.05, 3.63) is 70.3 Å². The van der Waals surface area contributed by atoms with Crippen LogP contribution in [0.4, 0.5) is 5.82 Å². The maximum absolute atomic E-state index is 13.0. The van der Waals surface area contributed by atoms with Crippen LogP contribution in [0.5, 0.6) is 0 Å². The molecule has 2 heterocycles. The molecule has 0 N–H and O–H groups in total. The smallest absolute Gasteiger partial charge is 0.267 e. The standard InChI is InChI=1S/C19H17N3O/c1-4-9-17-14(2)15-10-5-6-11-16(15)19(23)22(17)21(3)18-12-7-8-13-20-18/h5-8,10-13H,1-3H3. The summed E-state index contributed by atoms with van der Waals surface area (Å²) in [6.45, 7) is 3.76. The van der Waals surface area contributed by atoms with E-state index in [1.807, 2.05) is 56.4 Å². The topological polar surface area (TPSA) is 38.1 Å². The number of hydrogen-bond donors (Lipinski definition) is 0. The molecule has 0 aliphatic carbocycles. The average molecular weight is 303 g/mol. The molecule has 0 bridgehead atoms. The first-order chi connectivity index (χ1) is 11.1. The SMILES string of the molecule is CC#Cc1c(C)c2ccccc2c(=O)n1N(C)c1ccccn1. The number of nitrogens with zero attached hydrogens (tertiary/aromatic N) is 3. The van der Waals surface area contributed by atoms with Crippen LogP contribution in [0.2, 0.25) is 0 Å². The van der Waals surface area contributed by atoms with Gasteiger partial charge in [-0.2, -0.15) is 0 Å². The average Bonchev–Trinajstić information content (AvgIpc) is 2.60. The largest absolute Gasteiger partial charge is 0.278 e. The molecule has 4 heteroatoms. The highest BCUT2D eigenvalue weighted by atomic mass is 16.1. The minimum absolute atomic E-state index is 0.0999. The van der Waals surface area contributed by atoms with E-state index >= 15 is 0 Å². The van der Waals surface area contributed by atoms with Gasteiger partial charge in [0.1, 0.15) is 11.5 Å².